The largest absolute Gasteiger partial charge is 0.465 e. The molecule has 0 rings (SSSR count). The molecule has 1 atom stereocenters. The number of alkyl halides is 2. The van der Waals surface area contributed by atoms with Gasteiger partial charge in [0.05, 0.1) is 12.5 Å². The van der Waals surface area contributed by atoms with Crippen LogP contribution in [0.15, 0.2) is 0 Å². The van der Waals surface area contributed by atoms with Gasteiger partial charge >= 0.3 is 5.97 Å². The maximum atomic E-state index is 12.1. The zero-order valence-corrected chi connectivity index (χ0v) is 15.4. The Morgan fingerprint density at radius 2 is 1.82 bits per heavy atom. The summed E-state index contributed by atoms with van der Waals surface area (Å²) in [7, 11) is 0. The summed E-state index contributed by atoms with van der Waals surface area (Å²) in [4.78, 5) is 12.1. The number of hydrogen-bond acceptors (Lipinski definition) is 3. The molecule has 0 amide bonds. The summed E-state index contributed by atoms with van der Waals surface area (Å²) in [5.41, 5.74) is 5.38. The van der Waals surface area contributed by atoms with Gasteiger partial charge in [-0.1, -0.05) is 59.0 Å². The minimum atomic E-state index is -0.0972. The third kappa shape index (κ3) is 8.58. The number of esters is 1. The lowest BCUT2D eigenvalue weighted by molar-refractivity contribution is -0.149. The first-order valence-corrected chi connectivity index (χ1v) is 7.98. The van der Waals surface area contributed by atoms with E-state index in [1.807, 2.05) is 0 Å². The minimum Gasteiger partial charge on any atom is -0.465 e. The molecule has 0 saturated carbocycles. The van der Waals surface area contributed by atoms with E-state index < -0.39 is 0 Å². The topological polar surface area (TPSA) is 52.3 Å². The predicted molar refractivity (Wildman–Crippen MR) is 88.9 cm³/mol. The molecule has 1 unspecified atom stereocenters. The van der Waals surface area contributed by atoms with Crippen LogP contribution in [-0.4, -0.2) is 26.0 Å². The quantitative estimate of drug-likeness (QED) is 0.271. The maximum Gasteiger partial charge on any atom is 0.310 e. The summed E-state index contributed by atoms with van der Waals surface area (Å²) < 4.78 is 5.29. The Morgan fingerprint density at radius 1 is 1.29 bits per heavy atom. The number of carbonyl (C=O) groups excluding carboxylic acids is 1. The van der Waals surface area contributed by atoms with E-state index in [4.69, 9.17) is 10.5 Å². The Hall–Kier alpha value is 0.890. The summed E-state index contributed by atoms with van der Waals surface area (Å²) in [6.07, 6.45) is 1.55. The number of nitrogens with two attached hydrogens (primary N) is 1. The van der Waals surface area contributed by atoms with Crippen molar-refractivity contribution in [3.05, 3.63) is 0 Å². The van der Waals surface area contributed by atoms with Crippen LogP contribution in [0.25, 0.3) is 0 Å². The van der Waals surface area contributed by atoms with E-state index in [1.165, 1.54) is 0 Å². The average Bonchev–Trinajstić information content (AvgIpc) is 2.11. The molecular formula is C12H23I2NO2. The third-order valence-electron chi connectivity index (χ3n) is 2.40. The highest BCUT2D eigenvalue weighted by Crippen LogP contribution is 2.37. The monoisotopic (exact) mass is 467 g/mol. The van der Waals surface area contributed by atoms with E-state index in [0.29, 0.717) is 13.2 Å². The lowest BCUT2D eigenvalue weighted by Gasteiger charge is -2.31. The van der Waals surface area contributed by atoms with Gasteiger partial charge in [0.2, 0.25) is 0 Å². The molecule has 0 bridgehead atoms. The lowest BCUT2D eigenvalue weighted by atomic mass is 9.87. The molecule has 2 N–H and O–H groups in total. The van der Waals surface area contributed by atoms with Crippen molar-refractivity contribution in [1.29, 1.82) is 0 Å². The van der Waals surface area contributed by atoms with Gasteiger partial charge in [0.15, 0.2) is 0 Å². The second kappa shape index (κ2) is 7.47. The van der Waals surface area contributed by atoms with Gasteiger partial charge in [-0.2, -0.15) is 0 Å². The summed E-state index contributed by atoms with van der Waals surface area (Å²) >= 11 is 4.71. The Morgan fingerprint density at radius 3 is 2.18 bits per heavy atom. The van der Waals surface area contributed by atoms with Gasteiger partial charge < -0.3 is 10.5 Å². The molecule has 0 aromatic heterocycles. The van der Waals surface area contributed by atoms with E-state index in [0.717, 1.165) is 12.8 Å². The van der Waals surface area contributed by atoms with Crippen molar-refractivity contribution in [2.75, 3.05) is 13.2 Å². The first kappa shape index (κ1) is 17.9. The number of ether oxygens (including phenoxy) is 1. The van der Waals surface area contributed by atoms with Crippen LogP contribution in [-0.2, 0) is 9.53 Å². The number of carbonyl (C=O) groups is 1. The van der Waals surface area contributed by atoms with Crippen molar-refractivity contribution in [1.82, 2.24) is 0 Å². The third-order valence-corrected chi connectivity index (χ3v) is 3.59. The molecular weight excluding hydrogens is 444 g/mol. The molecule has 17 heavy (non-hydrogen) atoms. The molecule has 0 heterocycles. The van der Waals surface area contributed by atoms with Crippen LogP contribution < -0.4 is 5.73 Å². The minimum absolute atomic E-state index is 0.0761. The van der Waals surface area contributed by atoms with Gasteiger partial charge in [-0.3, -0.25) is 4.79 Å². The van der Waals surface area contributed by atoms with Crippen LogP contribution >= 0.6 is 45.2 Å². The Labute approximate surface area is 132 Å². The first-order chi connectivity index (χ1) is 7.58. The molecule has 3 nitrogen and oxygen atoms in total. The van der Waals surface area contributed by atoms with Gasteiger partial charge in [0, 0.05) is 6.84 Å². The van der Waals surface area contributed by atoms with Crippen molar-refractivity contribution >= 4 is 51.2 Å². The second-order valence-electron chi connectivity index (χ2n) is 5.35. The standard InChI is InChI=1S/C12H23I2NO2/c1-11(2,13)8-9(12(3,4)14)10(16)17-7-5-6-15/h9H,5-8,15H2,1-4H3. The molecule has 0 aliphatic heterocycles. The summed E-state index contributed by atoms with van der Waals surface area (Å²) in [5, 5.41) is 0. The fourth-order valence-electron chi connectivity index (χ4n) is 1.45. The normalized spacial score (nSPS) is 14.5. The van der Waals surface area contributed by atoms with Crippen LogP contribution in [0.3, 0.4) is 0 Å². The average molecular weight is 467 g/mol. The lowest BCUT2D eigenvalue weighted by Crippen LogP contribution is -2.37. The molecule has 5 heteroatoms. The van der Waals surface area contributed by atoms with Crippen LogP contribution in [0.1, 0.15) is 40.5 Å². The zero-order valence-electron chi connectivity index (χ0n) is 11.1. The van der Waals surface area contributed by atoms with Crippen LogP contribution in [0, 0.1) is 5.92 Å². The molecule has 0 spiro atoms. The molecule has 0 saturated heterocycles. The fraction of sp³-hybridized carbons (Fsp3) is 0.917. The van der Waals surface area contributed by atoms with Crippen molar-refractivity contribution < 1.29 is 9.53 Å². The van der Waals surface area contributed by atoms with Gasteiger partial charge in [-0.05, 0) is 33.2 Å². The smallest absolute Gasteiger partial charge is 0.310 e. The van der Waals surface area contributed by atoms with Crippen LogP contribution in [0.5, 0.6) is 0 Å². The van der Waals surface area contributed by atoms with Crippen molar-refractivity contribution in [3.63, 3.8) is 0 Å². The molecule has 0 aliphatic carbocycles. The van der Waals surface area contributed by atoms with Gasteiger partial charge in [0.1, 0.15) is 0 Å². The van der Waals surface area contributed by atoms with Gasteiger partial charge in [-0.25, -0.2) is 0 Å². The van der Waals surface area contributed by atoms with Crippen LogP contribution in [0.2, 0.25) is 0 Å². The fourth-order valence-corrected chi connectivity index (χ4v) is 2.36. The number of hydrogen-bond donors (Lipinski definition) is 1. The highest BCUT2D eigenvalue weighted by molar-refractivity contribution is 14.1. The molecule has 0 fully saturated rings. The van der Waals surface area contributed by atoms with Gasteiger partial charge in [0.25, 0.3) is 0 Å². The molecule has 102 valence electrons. The summed E-state index contributed by atoms with van der Waals surface area (Å²) in [5.74, 6) is -0.171. The maximum absolute atomic E-state index is 12.1. The van der Waals surface area contributed by atoms with E-state index in [2.05, 4.69) is 72.9 Å². The van der Waals surface area contributed by atoms with Crippen molar-refractivity contribution in [3.8, 4) is 0 Å². The van der Waals surface area contributed by atoms with E-state index in [1.54, 1.807) is 0 Å². The highest BCUT2D eigenvalue weighted by atomic mass is 127. The predicted octanol–water partition coefficient (Wildman–Crippen LogP) is 3.31. The molecule has 0 aromatic carbocycles. The molecule has 0 radical (unpaired) electrons. The zero-order chi connectivity index (χ0) is 13.7. The van der Waals surface area contributed by atoms with Crippen molar-refractivity contribution in [2.24, 2.45) is 11.7 Å². The SMILES string of the molecule is CC(C)(I)CC(C(=O)OCCCN)C(C)(C)I. The number of rotatable bonds is 7. The Kier molecular flexibility index (Phi) is 7.86. The van der Waals surface area contributed by atoms with E-state index in [-0.39, 0.29) is 18.7 Å². The van der Waals surface area contributed by atoms with E-state index in [9.17, 15) is 4.79 Å². The highest BCUT2D eigenvalue weighted by Gasteiger charge is 2.37. The molecule has 0 aromatic rings. The van der Waals surface area contributed by atoms with Gasteiger partial charge in [-0.15, -0.1) is 0 Å². The first-order valence-electron chi connectivity index (χ1n) is 5.82. The van der Waals surface area contributed by atoms with Crippen molar-refractivity contribution in [2.45, 2.75) is 47.4 Å². The Bertz CT molecular complexity index is 244. The van der Waals surface area contributed by atoms with Crippen LogP contribution in [0.4, 0.5) is 0 Å². The second-order valence-corrected chi connectivity index (χ2v) is 11.1. The molecule has 0 aliphatic rings. The summed E-state index contributed by atoms with van der Waals surface area (Å²) in [6, 6.07) is 0. The number of halogens is 2. The van der Waals surface area contributed by atoms with E-state index >= 15 is 0 Å². The summed E-state index contributed by atoms with van der Waals surface area (Å²) in [6.45, 7) is 9.41. The Balaban J connectivity index is 4.54.